The smallest absolute Gasteiger partial charge is 0.307 e. The first-order chi connectivity index (χ1) is 29.0. The van der Waals surface area contributed by atoms with E-state index in [0.717, 1.165) is 57.3 Å². The molecule has 2 atom stereocenters. The number of aliphatic carboxylic acids is 1. The van der Waals surface area contributed by atoms with Crippen LogP contribution in [0.5, 0.6) is 0 Å². The molecule has 356 valence electrons. The molecule has 0 aliphatic heterocycles. The summed E-state index contributed by atoms with van der Waals surface area (Å²) in [6.45, 7) is 18.6. The molecule has 0 saturated carbocycles. The van der Waals surface area contributed by atoms with Crippen molar-refractivity contribution in [1.29, 1.82) is 0 Å². The second kappa shape index (κ2) is 46.9. The Morgan fingerprint density at radius 3 is 1.27 bits per heavy atom. The maximum atomic E-state index is 12.0. The van der Waals surface area contributed by atoms with Gasteiger partial charge in [0.05, 0.1) is 12.5 Å². The Morgan fingerprint density at radius 1 is 0.483 bits per heavy atom. The van der Waals surface area contributed by atoms with Crippen molar-refractivity contribution in [1.82, 2.24) is 0 Å². The second-order valence-electron chi connectivity index (χ2n) is 19.7. The average Bonchev–Trinajstić information content (AvgIpc) is 3.21. The zero-order valence-electron chi connectivity index (χ0n) is 42.1. The van der Waals surface area contributed by atoms with Crippen LogP contribution in [0.1, 0.15) is 293 Å². The van der Waals surface area contributed by atoms with Crippen molar-refractivity contribution in [2.24, 2.45) is 23.2 Å². The third-order valence-corrected chi connectivity index (χ3v) is 12.8. The van der Waals surface area contributed by atoms with E-state index in [9.17, 15) is 14.7 Å². The summed E-state index contributed by atoms with van der Waals surface area (Å²) in [4.78, 5) is 23.7. The molecule has 0 bridgehead atoms. The average molecular weight is 845 g/mol. The zero-order valence-corrected chi connectivity index (χ0v) is 42.1. The molecule has 0 aliphatic rings. The van der Waals surface area contributed by atoms with Gasteiger partial charge in [-0.15, -0.1) is 0 Å². The van der Waals surface area contributed by atoms with Gasteiger partial charge in [0.15, 0.2) is 0 Å². The number of carboxylic acids is 1. The Balaban J connectivity index is 0. The fraction of sp³-hybridized carbons (Fsp3) is 0.893. The Bertz CT molecular complexity index is 951. The molecule has 0 aliphatic carbocycles. The van der Waals surface area contributed by atoms with E-state index in [0.29, 0.717) is 18.9 Å². The van der Waals surface area contributed by atoms with E-state index in [1.165, 1.54) is 180 Å². The van der Waals surface area contributed by atoms with Gasteiger partial charge in [-0.25, -0.2) is 0 Å². The van der Waals surface area contributed by atoms with Gasteiger partial charge in [-0.1, -0.05) is 227 Å². The predicted molar refractivity (Wildman–Crippen MR) is 266 cm³/mol. The highest BCUT2D eigenvalue weighted by Gasteiger charge is 2.36. The van der Waals surface area contributed by atoms with Gasteiger partial charge in [0, 0.05) is 6.42 Å². The van der Waals surface area contributed by atoms with Crippen LogP contribution in [-0.4, -0.2) is 23.7 Å². The maximum absolute atomic E-state index is 12.0. The topological polar surface area (TPSA) is 63.6 Å². The third-order valence-electron chi connectivity index (χ3n) is 12.8. The number of unbranched alkanes of at least 4 members (excludes halogenated alkanes) is 25. The molecule has 0 aromatic rings. The second-order valence-corrected chi connectivity index (χ2v) is 19.7. The minimum Gasteiger partial charge on any atom is -0.481 e. The minimum atomic E-state index is -0.582. The van der Waals surface area contributed by atoms with Crippen molar-refractivity contribution in [3.05, 3.63) is 24.3 Å². The van der Waals surface area contributed by atoms with Crippen LogP contribution in [0.3, 0.4) is 0 Å². The fourth-order valence-electron chi connectivity index (χ4n) is 8.31. The van der Waals surface area contributed by atoms with Crippen LogP contribution >= 0.6 is 0 Å². The Labute approximate surface area is 377 Å². The molecule has 2 unspecified atom stereocenters. The summed E-state index contributed by atoms with van der Waals surface area (Å²) in [6.07, 6.45) is 54.8. The van der Waals surface area contributed by atoms with Crippen molar-refractivity contribution < 1.29 is 19.4 Å². The van der Waals surface area contributed by atoms with Crippen LogP contribution in [0.15, 0.2) is 24.3 Å². The number of esters is 1. The molecule has 0 spiro atoms. The highest BCUT2D eigenvalue weighted by molar-refractivity contribution is 5.71. The van der Waals surface area contributed by atoms with Crippen LogP contribution in [0.25, 0.3) is 0 Å². The van der Waals surface area contributed by atoms with E-state index in [2.05, 4.69) is 79.7 Å². The quantitative estimate of drug-likeness (QED) is 0.0377. The van der Waals surface area contributed by atoms with Crippen molar-refractivity contribution in [2.75, 3.05) is 6.61 Å². The summed E-state index contributed by atoms with van der Waals surface area (Å²) in [5.74, 6) is 0.762. The lowest BCUT2D eigenvalue weighted by atomic mass is 9.69. The Morgan fingerprint density at radius 2 is 0.850 bits per heavy atom. The number of hydrogen-bond acceptors (Lipinski definition) is 3. The molecule has 0 radical (unpaired) electrons. The highest BCUT2D eigenvalue weighted by Crippen LogP contribution is 2.40. The third kappa shape index (κ3) is 44.5. The normalized spacial score (nSPS) is 13.3. The molecule has 4 heteroatoms. The predicted octanol–water partition coefficient (Wildman–Crippen LogP) is 19.1. The largest absolute Gasteiger partial charge is 0.481 e. The summed E-state index contributed by atoms with van der Waals surface area (Å²) in [5.41, 5.74) is -0.0556. The standard InChI is InChI=1S/2C28H54O2/c1-6-8-9-10-11-12-13-14-15-16-17-18-19-20-23-26(27(29)30)28(5,7-2)24-21-22-25(3)4;1-4-5-6-7-8-9-10-11-12-13-14-15-16-19-22-25-28(29)30-26-23-20-17-18-21-24-27(2)3/h14-15,25-26H,6-13,16-24H2,1-5H3,(H,29,30);11-12,27H,4-10,13-26H2,1-3H3/b15-14-;12-11-. The SMILES string of the molecule is CCCCCCCC/C=C\CCCCCCC(C(=O)O)C(C)(CC)CCCC(C)C.CCCCCCCC/C=C\CCCCCCCC(=O)OCCCCCCCC(C)C. The van der Waals surface area contributed by atoms with E-state index < -0.39 is 5.97 Å². The molecule has 0 aromatic carbocycles. The number of allylic oxidation sites excluding steroid dienone is 4. The van der Waals surface area contributed by atoms with Gasteiger partial charge >= 0.3 is 11.9 Å². The summed E-state index contributed by atoms with van der Waals surface area (Å²) in [6, 6.07) is 0. The molecule has 60 heavy (non-hydrogen) atoms. The van der Waals surface area contributed by atoms with Gasteiger partial charge in [-0.2, -0.15) is 0 Å². The lowest BCUT2D eigenvalue weighted by molar-refractivity contribution is -0.147. The van der Waals surface area contributed by atoms with Crippen LogP contribution in [0.2, 0.25) is 0 Å². The van der Waals surface area contributed by atoms with Crippen LogP contribution in [0, 0.1) is 23.2 Å². The van der Waals surface area contributed by atoms with Gasteiger partial charge < -0.3 is 9.84 Å². The summed E-state index contributed by atoms with van der Waals surface area (Å²) in [7, 11) is 0. The van der Waals surface area contributed by atoms with Crippen LogP contribution in [-0.2, 0) is 14.3 Å². The molecule has 0 fully saturated rings. The number of carbonyl (C=O) groups excluding carboxylic acids is 1. The van der Waals surface area contributed by atoms with E-state index in [4.69, 9.17) is 4.74 Å². The first kappa shape index (κ1) is 60.5. The lowest BCUT2D eigenvalue weighted by Crippen LogP contribution is -2.33. The first-order valence-corrected chi connectivity index (χ1v) is 26.7. The number of carboxylic acid groups (broad SMARTS) is 1. The highest BCUT2D eigenvalue weighted by atomic mass is 16.5. The molecule has 0 saturated heterocycles. The van der Waals surface area contributed by atoms with Gasteiger partial charge in [0.1, 0.15) is 0 Å². The molecule has 1 N–H and O–H groups in total. The minimum absolute atomic E-state index is 0.00688. The van der Waals surface area contributed by atoms with Crippen LogP contribution < -0.4 is 0 Å². The molecular weight excluding hydrogens is 737 g/mol. The monoisotopic (exact) mass is 845 g/mol. The van der Waals surface area contributed by atoms with Crippen molar-refractivity contribution in [2.45, 2.75) is 293 Å². The molecular formula is C56H108O4. The summed E-state index contributed by atoms with van der Waals surface area (Å²) >= 11 is 0. The molecule has 4 nitrogen and oxygen atoms in total. The van der Waals surface area contributed by atoms with Crippen LogP contribution in [0.4, 0.5) is 0 Å². The molecule has 0 amide bonds. The lowest BCUT2D eigenvalue weighted by Gasteiger charge is -2.35. The first-order valence-electron chi connectivity index (χ1n) is 26.7. The van der Waals surface area contributed by atoms with Gasteiger partial charge in [0.25, 0.3) is 0 Å². The molecule has 0 aromatic heterocycles. The van der Waals surface area contributed by atoms with Crippen molar-refractivity contribution in [3.63, 3.8) is 0 Å². The number of carbonyl (C=O) groups is 2. The van der Waals surface area contributed by atoms with Gasteiger partial charge in [-0.3, -0.25) is 9.59 Å². The van der Waals surface area contributed by atoms with Crippen molar-refractivity contribution in [3.8, 4) is 0 Å². The van der Waals surface area contributed by atoms with Gasteiger partial charge in [-0.05, 0) is 101 Å². The molecule has 0 heterocycles. The molecule has 0 rings (SSSR count). The van der Waals surface area contributed by atoms with E-state index in [1.54, 1.807) is 0 Å². The summed E-state index contributed by atoms with van der Waals surface area (Å²) < 4.78 is 5.36. The van der Waals surface area contributed by atoms with Crippen molar-refractivity contribution >= 4 is 11.9 Å². The number of rotatable bonds is 44. The van der Waals surface area contributed by atoms with E-state index in [1.807, 2.05) is 0 Å². The number of hydrogen-bond donors (Lipinski definition) is 1. The fourth-order valence-corrected chi connectivity index (χ4v) is 8.31. The van der Waals surface area contributed by atoms with Gasteiger partial charge in [0.2, 0.25) is 0 Å². The zero-order chi connectivity index (χ0) is 44.8. The Hall–Kier alpha value is -1.58. The van der Waals surface area contributed by atoms with E-state index in [-0.39, 0.29) is 17.3 Å². The van der Waals surface area contributed by atoms with E-state index >= 15 is 0 Å². The summed E-state index contributed by atoms with van der Waals surface area (Å²) in [5, 5.41) is 9.84. The number of ether oxygens (including phenoxy) is 1. The Kier molecular flexibility index (Phi) is 47.3. The maximum Gasteiger partial charge on any atom is 0.307 e.